The Morgan fingerprint density at radius 2 is 2.00 bits per heavy atom. The number of nitrogens with zero attached hydrogens (tertiary/aromatic N) is 1. The van der Waals surface area contributed by atoms with Crippen LogP contribution < -0.4 is 5.32 Å². The number of likely N-dealkylation sites (N-methyl/N-ethyl adjacent to an activating group) is 1. The van der Waals surface area contributed by atoms with E-state index in [1.807, 2.05) is 0 Å². The lowest BCUT2D eigenvalue weighted by Crippen LogP contribution is -2.34. The molecule has 0 bridgehead atoms. The summed E-state index contributed by atoms with van der Waals surface area (Å²) >= 11 is 5.66. The van der Waals surface area contributed by atoms with Crippen molar-refractivity contribution in [3.63, 3.8) is 0 Å². The van der Waals surface area contributed by atoms with Crippen molar-refractivity contribution in [1.82, 2.24) is 4.90 Å². The summed E-state index contributed by atoms with van der Waals surface area (Å²) in [6, 6.07) is 2.07. The van der Waals surface area contributed by atoms with E-state index in [9.17, 15) is 22.8 Å². The first kappa shape index (κ1) is 15.6. The van der Waals surface area contributed by atoms with Crippen molar-refractivity contribution in [2.24, 2.45) is 0 Å². The molecule has 1 aliphatic rings. The Morgan fingerprint density at radius 3 is 2.52 bits per heavy atom. The van der Waals surface area contributed by atoms with Gasteiger partial charge in [0.1, 0.15) is 6.04 Å². The van der Waals surface area contributed by atoms with E-state index < -0.39 is 23.7 Å². The van der Waals surface area contributed by atoms with Crippen molar-refractivity contribution in [2.45, 2.75) is 25.6 Å². The fraction of sp³-hybridized carbons (Fsp3) is 0.385. The summed E-state index contributed by atoms with van der Waals surface area (Å²) in [7, 11) is 0. The zero-order chi connectivity index (χ0) is 15.8. The van der Waals surface area contributed by atoms with E-state index in [-0.39, 0.29) is 29.6 Å². The number of hydrogen-bond acceptors (Lipinski definition) is 3. The summed E-state index contributed by atoms with van der Waals surface area (Å²) in [5.41, 5.74) is -0.861. The van der Waals surface area contributed by atoms with Crippen LogP contribution in [-0.4, -0.2) is 29.3 Å². The van der Waals surface area contributed by atoms with Gasteiger partial charge in [0.25, 0.3) is 5.91 Å². The highest BCUT2D eigenvalue weighted by molar-refractivity contribution is 6.31. The maximum atomic E-state index is 12.7. The second kappa shape index (κ2) is 5.55. The highest BCUT2D eigenvalue weighted by Crippen LogP contribution is 2.33. The number of carbonyl (C=O) groups excluding carboxylic acids is 2. The SMILES string of the molecule is CCN1C(=O)CC(Nc2cc(Cl)cc(C(F)(F)F)c2)C1=O. The number of nitrogens with one attached hydrogen (secondary N) is 1. The molecule has 1 atom stereocenters. The quantitative estimate of drug-likeness (QED) is 0.871. The van der Waals surface area contributed by atoms with E-state index in [4.69, 9.17) is 11.6 Å². The van der Waals surface area contributed by atoms with Crippen LogP contribution in [0.5, 0.6) is 0 Å². The fourth-order valence-corrected chi connectivity index (χ4v) is 2.40. The van der Waals surface area contributed by atoms with Crippen LogP contribution in [0.3, 0.4) is 0 Å². The summed E-state index contributed by atoms with van der Waals surface area (Å²) in [4.78, 5) is 24.5. The first-order valence-corrected chi connectivity index (χ1v) is 6.58. The van der Waals surface area contributed by atoms with Crippen LogP contribution in [-0.2, 0) is 15.8 Å². The minimum absolute atomic E-state index is 0.0546. The molecule has 8 heteroatoms. The van der Waals surface area contributed by atoms with Crippen molar-refractivity contribution < 1.29 is 22.8 Å². The highest BCUT2D eigenvalue weighted by atomic mass is 35.5. The predicted octanol–water partition coefficient (Wildman–Crippen LogP) is 2.92. The molecule has 0 aromatic heterocycles. The fourth-order valence-electron chi connectivity index (χ4n) is 2.17. The molecule has 1 unspecified atom stereocenters. The monoisotopic (exact) mass is 320 g/mol. The molecule has 1 heterocycles. The number of amides is 2. The Kier molecular flexibility index (Phi) is 4.13. The van der Waals surface area contributed by atoms with Crippen LogP contribution in [0, 0.1) is 0 Å². The topological polar surface area (TPSA) is 49.4 Å². The number of hydrogen-bond donors (Lipinski definition) is 1. The van der Waals surface area contributed by atoms with Crippen LogP contribution >= 0.6 is 11.6 Å². The van der Waals surface area contributed by atoms with Crippen LogP contribution in [0.4, 0.5) is 18.9 Å². The largest absolute Gasteiger partial charge is 0.416 e. The van der Waals surface area contributed by atoms with Gasteiger partial charge in [-0.15, -0.1) is 0 Å². The Labute approximate surface area is 123 Å². The zero-order valence-corrected chi connectivity index (χ0v) is 11.8. The van der Waals surface area contributed by atoms with Crippen LogP contribution in [0.15, 0.2) is 18.2 Å². The molecule has 114 valence electrons. The molecule has 4 nitrogen and oxygen atoms in total. The molecule has 0 radical (unpaired) electrons. The Bertz CT molecular complexity index is 589. The lowest BCUT2D eigenvalue weighted by molar-refractivity contribution is -0.138. The van der Waals surface area contributed by atoms with E-state index in [2.05, 4.69) is 5.32 Å². The van der Waals surface area contributed by atoms with Gasteiger partial charge in [-0.2, -0.15) is 13.2 Å². The molecule has 1 aromatic rings. The Morgan fingerprint density at radius 1 is 1.33 bits per heavy atom. The number of benzene rings is 1. The molecule has 0 spiro atoms. The van der Waals surface area contributed by atoms with Gasteiger partial charge in [-0.05, 0) is 25.1 Å². The van der Waals surface area contributed by atoms with Gasteiger partial charge in [-0.3, -0.25) is 14.5 Å². The first-order chi connectivity index (χ1) is 9.72. The molecule has 2 rings (SSSR count). The van der Waals surface area contributed by atoms with Crippen molar-refractivity contribution in [1.29, 1.82) is 0 Å². The zero-order valence-electron chi connectivity index (χ0n) is 11.0. The lowest BCUT2D eigenvalue weighted by atomic mass is 10.1. The van der Waals surface area contributed by atoms with Crippen molar-refractivity contribution >= 4 is 29.1 Å². The lowest BCUT2D eigenvalue weighted by Gasteiger charge is -2.16. The van der Waals surface area contributed by atoms with Crippen LogP contribution in [0.2, 0.25) is 5.02 Å². The molecule has 21 heavy (non-hydrogen) atoms. The van der Waals surface area contributed by atoms with Crippen molar-refractivity contribution in [3.8, 4) is 0 Å². The van der Waals surface area contributed by atoms with E-state index in [1.54, 1.807) is 6.92 Å². The smallest absolute Gasteiger partial charge is 0.373 e. The number of carbonyl (C=O) groups is 2. The van der Waals surface area contributed by atoms with Gasteiger partial charge in [-0.25, -0.2) is 0 Å². The maximum Gasteiger partial charge on any atom is 0.416 e. The number of anilines is 1. The number of halogens is 4. The minimum Gasteiger partial charge on any atom is -0.373 e. The first-order valence-electron chi connectivity index (χ1n) is 6.21. The minimum atomic E-state index is -4.54. The van der Waals surface area contributed by atoms with Crippen molar-refractivity contribution in [2.75, 3.05) is 11.9 Å². The molecule has 1 saturated heterocycles. The van der Waals surface area contributed by atoms with Gasteiger partial charge in [0.15, 0.2) is 0 Å². The Balaban J connectivity index is 2.23. The molecular weight excluding hydrogens is 309 g/mol. The Hall–Kier alpha value is -1.76. The number of imide groups is 1. The summed E-state index contributed by atoms with van der Waals surface area (Å²) in [6.07, 6.45) is -4.62. The van der Waals surface area contributed by atoms with E-state index in [0.717, 1.165) is 17.0 Å². The maximum absolute atomic E-state index is 12.7. The molecule has 1 aromatic carbocycles. The summed E-state index contributed by atoms with van der Waals surface area (Å²) in [5, 5.41) is 2.54. The number of likely N-dealkylation sites (tertiary alicyclic amines) is 1. The van der Waals surface area contributed by atoms with Gasteiger partial charge >= 0.3 is 6.18 Å². The average molecular weight is 321 g/mol. The normalized spacial score (nSPS) is 19.3. The molecule has 0 saturated carbocycles. The third-order valence-corrected chi connectivity index (χ3v) is 3.34. The average Bonchev–Trinajstić information content (AvgIpc) is 2.62. The van der Waals surface area contributed by atoms with Crippen molar-refractivity contribution in [3.05, 3.63) is 28.8 Å². The highest BCUT2D eigenvalue weighted by Gasteiger charge is 2.38. The van der Waals surface area contributed by atoms with Gasteiger partial charge in [-0.1, -0.05) is 11.6 Å². The molecule has 1 N–H and O–H groups in total. The molecule has 0 aliphatic carbocycles. The number of alkyl halides is 3. The third kappa shape index (κ3) is 3.29. The van der Waals surface area contributed by atoms with Gasteiger partial charge < -0.3 is 5.32 Å². The predicted molar refractivity (Wildman–Crippen MR) is 70.9 cm³/mol. The number of rotatable bonds is 3. The standard InChI is InChI=1S/C13H12ClF3N2O2/c1-2-19-11(20)6-10(12(19)21)18-9-4-7(13(15,16)17)3-8(14)5-9/h3-5,10,18H,2,6H2,1H3. The van der Waals surface area contributed by atoms with Gasteiger partial charge in [0.2, 0.25) is 5.91 Å². The van der Waals surface area contributed by atoms with Gasteiger partial charge in [0, 0.05) is 17.3 Å². The summed E-state index contributed by atoms with van der Waals surface area (Å²) < 4.78 is 38.1. The van der Waals surface area contributed by atoms with Gasteiger partial charge in [0.05, 0.1) is 12.0 Å². The summed E-state index contributed by atoms with van der Waals surface area (Å²) in [5.74, 6) is -0.797. The van der Waals surface area contributed by atoms with Crippen LogP contribution in [0.25, 0.3) is 0 Å². The molecule has 1 fully saturated rings. The molecular formula is C13H12ClF3N2O2. The third-order valence-electron chi connectivity index (χ3n) is 3.13. The van der Waals surface area contributed by atoms with E-state index in [0.29, 0.717) is 0 Å². The molecule has 2 amide bonds. The van der Waals surface area contributed by atoms with Crippen LogP contribution in [0.1, 0.15) is 18.9 Å². The summed E-state index contributed by atoms with van der Waals surface area (Å²) in [6.45, 7) is 1.89. The van der Waals surface area contributed by atoms with E-state index in [1.165, 1.54) is 6.07 Å². The van der Waals surface area contributed by atoms with E-state index >= 15 is 0 Å². The molecule has 1 aliphatic heterocycles. The second-order valence-electron chi connectivity index (χ2n) is 4.60. The second-order valence-corrected chi connectivity index (χ2v) is 5.04.